The molecule has 5 nitrogen and oxygen atoms in total. The summed E-state index contributed by atoms with van der Waals surface area (Å²) in [7, 11) is 0. The average molecular weight is 253 g/mol. The highest BCUT2D eigenvalue weighted by Gasteiger charge is 2.18. The highest BCUT2D eigenvalue weighted by molar-refractivity contribution is 5.70. The van der Waals surface area contributed by atoms with Crippen molar-refractivity contribution in [3.8, 4) is 0 Å². The van der Waals surface area contributed by atoms with Gasteiger partial charge in [-0.15, -0.1) is 0 Å². The molecule has 0 radical (unpaired) electrons. The first kappa shape index (κ1) is 14.7. The highest BCUT2D eigenvalue weighted by atomic mass is 16.4. The second kappa shape index (κ2) is 6.54. The molecule has 0 amide bonds. The maximum absolute atomic E-state index is 10.8. The van der Waals surface area contributed by atoms with Crippen LogP contribution in [-0.2, 0) is 11.3 Å². The summed E-state index contributed by atoms with van der Waals surface area (Å²) in [5.74, 6) is -1.12. The smallest absolute Gasteiger partial charge is 0.307 e. The Balaban J connectivity index is 2.27. The molecule has 0 aliphatic heterocycles. The van der Waals surface area contributed by atoms with Gasteiger partial charge in [0.25, 0.3) is 0 Å². The van der Waals surface area contributed by atoms with Gasteiger partial charge in [-0.1, -0.05) is 6.92 Å². The van der Waals surface area contributed by atoms with Gasteiger partial charge in [0.05, 0.1) is 11.6 Å². The molecule has 0 saturated heterocycles. The Labute approximate surface area is 108 Å². The highest BCUT2D eigenvalue weighted by Crippen LogP contribution is 2.04. The van der Waals surface area contributed by atoms with E-state index in [2.05, 4.69) is 16.5 Å². The van der Waals surface area contributed by atoms with Gasteiger partial charge in [-0.2, -0.15) is 5.10 Å². The number of hydrogen-bond donors (Lipinski definition) is 2. The van der Waals surface area contributed by atoms with Crippen LogP contribution in [0.25, 0.3) is 0 Å². The van der Waals surface area contributed by atoms with Crippen molar-refractivity contribution in [1.29, 1.82) is 0 Å². The minimum atomic E-state index is -0.756. The van der Waals surface area contributed by atoms with E-state index in [4.69, 9.17) is 5.11 Å². The minimum Gasteiger partial charge on any atom is -0.481 e. The first-order chi connectivity index (χ1) is 8.41. The van der Waals surface area contributed by atoms with Gasteiger partial charge in [0.15, 0.2) is 0 Å². The Morgan fingerprint density at radius 3 is 2.67 bits per heavy atom. The van der Waals surface area contributed by atoms with Crippen molar-refractivity contribution in [1.82, 2.24) is 15.1 Å². The summed E-state index contributed by atoms with van der Waals surface area (Å²) >= 11 is 0. The molecule has 0 fully saturated rings. The molecular weight excluding hydrogens is 230 g/mol. The van der Waals surface area contributed by atoms with Crippen molar-refractivity contribution in [2.45, 2.75) is 46.7 Å². The quantitative estimate of drug-likeness (QED) is 0.724. The molecule has 0 bridgehead atoms. The molecule has 2 atom stereocenters. The Morgan fingerprint density at radius 2 is 2.17 bits per heavy atom. The summed E-state index contributed by atoms with van der Waals surface area (Å²) in [4.78, 5) is 10.8. The average Bonchev–Trinajstić information content (AvgIpc) is 2.62. The fourth-order valence-corrected chi connectivity index (χ4v) is 1.85. The molecule has 18 heavy (non-hydrogen) atoms. The topological polar surface area (TPSA) is 67.2 Å². The summed E-state index contributed by atoms with van der Waals surface area (Å²) in [5, 5.41) is 16.5. The number of carbonyl (C=O) groups is 1. The number of nitrogens with one attached hydrogen (secondary N) is 1. The number of hydrogen-bond acceptors (Lipinski definition) is 3. The summed E-state index contributed by atoms with van der Waals surface area (Å²) in [6.07, 6.45) is 0.943. The standard InChI is InChI=1S/C13H23N3O2/c1-9-8-10(2)16(15-9)7-5-6-14-12(4)11(3)13(17)18/h8,11-12,14H,5-7H2,1-4H3,(H,17,18). The minimum absolute atomic E-state index is 0.0112. The van der Waals surface area contributed by atoms with E-state index in [1.165, 1.54) is 5.69 Å². The second-order valence-corrected chi connectivity index (χ2v) is 4.87. The summed E-state index contributed by atoms with van der Waals surface area (Å²) in [6, 6.07) is 2.05. The number of nitrogens with zero attached hydrogens (tertiary/aromatic N) is 2. The van der Waals surface area contributed by atoms with Gasteiger partial charge in [-0.05, 0) is 39.8 Å². The lowest BCUT2D eigenvalue weighted by atomic mass is 10.0. The summed E-state index contributed by atoms with van der Waals surface area (Å²) < 4.78 is 1.99. The van der Waals surface area contributed by atoms with Crippen molar-refractivity contribution < 1.29 is 9.90 Å². The Hall–Kier alpha value is -1.36. The van der Waals surface area contributed by atoms with E-state index in [-0.39, 0.29) is 12.0 Å². The second-order valence-electron chi connectivity index (χ2n) is 4.87. The maximum atomic E-state index is 10.8. The van der Waals surface area contributed by atoms with E-state index < -0.39 is 5.97 Å². The van der Waals surface area contributed by atoms with Crippen molar-refractivity contribution in [2.24, 2.45) is 5.92 Å². The lowest BCUT2D eigenvalue weighted by Gasteiger charge is -2.17. The number of aromatic nitrogens is 2. The van der Waals surface area contributed by atoms with Crippen LogP contribution in [0, 0.1) is 19.8 Å². The molecule has 1 aromatic heterocycles. The van der Waals surface area contributed by atoms with Gasteiger partial charge in [-0.25, -0.2) is 0 Å². The molecule has 1 aromatic rings. The third kappa shape index (κ3) is 4.14. The van der Waals surface area contributed by atoms with E-state index in [0.29, 0.717) is 0 Å². The van der Waals surface area contributed by atoms with Crippen LogP contribution in [0.4, 0.5) is 0 Å². The largest absolute Gasteiger partial charge is 0.481 e. The fraction of sp³-hybridized carbons (Fsp3) is 0.692. The Morgan fingerprint density at radius 1 is 1.50 bits per heavy atom. The molecule has 102 valence electrons. The molecule has 0 spiro atoms. The number of carboxylic acid groups (broad SMARTS) is 1. The van der Waals surface area contributed by atoms with Crippen molar-refractivity contribution in [3.63, 3.8) is 0 Å². The van der Waals surface area contributed by atoms with Crippen molar-refractivity contribution in [2.75, 3.05) is 6.54 Å². The lowest BCUT2D eigenvalue weighted by Crippen LogP contribution is -2.37. The van der Waals surface area contributed by atoms with Crippen LogP contribution < -0.4 is 5.32 Å². The predicted octanol–water partition coefficient (Wildman–Crippen LogP) is 1.59. The molecule has 5 heteroatoms. The van der Waals surface area contributed by atoms with Crippen molar-refractivity contribution in [3.05, 3.63) is 17.5 Å². The number of aryl methyl sites for hydroxylation is 3. The summed E-state index contributed by atoms with van der Waals surface area (Å²) in [5.41, 5.74) is 2.20. The van der Waals surface area contributed by atoms with E-state index in [1.54, 1.807) is 6.92 Å². The molecule has 2 unspecified atom stereocenters. The number of aliphatic carboxylic acids is 1. The monoisotopic (exact) mass is 253 g/mol. The third-order valence-electron chi connectivity index (χ3n) is 3.26. The van der Waals surface area contributed by atoms with Gasteiger partial charge in [0, 0.05) is 18.3 Å². The SMILES string of the molecule is Cc1cc(C)n(CCCNC(C)C(C)C(=O)O)n1. The molecule has 2 N–H and O–H groups in total. The maximum Gasteiger partial charge on any atom is 0.307 e. The predicted molar refractivity (Wildman–Crippen MR) is 70.6 cm³/mol. The normalized spacial score (nSPS) is 14.4. The molecule has 0 aliphatic rings. The zero-order chi connectivity index (χ0) is 13.7. The Kier molecular flexibility index (Phi) is 5.34. The molecule has 0 saturated carbocycles. The number of carboxylic acids is 1. The van der Waals surface area contributed by atoms with Crippen LogP contribution in [0.15, 0.2) is 6.07 Å². The first-order valence-electron chi connectivity index (χ1n) is 6.39. The van der Waals surface area contributed by atoms with E-state index in [1.807, 2.05) is 25.5 Å². The number of rotatable bonds is 7. The molecule has 1 rings (SSSR count). The van der Waals surface area contributed by atoms with Crippen LogP contribution in [0.3, 0.4) is 0 Å². The van der Waals surface area contributed by atoms with Gasteiger partial charge in [0.1, 0.15) is 0 Å². The summed E-state index contributed by atoms with van der Waals surface area (Å²) in [6.45, 7) is 9.32. The molecule has 0 aliphatic carbocycles. The van der Waals surface area contributed by atoms with Gasteiger partial charge < -0.3 is 10.4 Å². The molecule has 0 aromatic carbocycles. The zero-order valence-electron chi connectivity index (χ0n) is 11.6. The van der Waals surface area contributed by atoms with Crippen molar-refractivity contribution >= 4 is 5.97 Å². The van der Waals surface area contributed by atoms with Crippen LogP contribution >= 0.6 is 0 Å². The fourth-order valence-electron chi connectivity index (χ4n) is 1.85. The van der Waals surface area contributed by atoms with Crippen LogP contribution in [0.1, 0.15) is 31.7 Å². The van der Waals surface area contributed by atoms with Gasteiger partial charge in [-0.3, -0.25) is 9.48 Å². The van der Waals surface area contributed by atoms with Gasteiger partial charge in [0.2, 0.25) is 0 Å². The van der Waals surface area contributed by atoms with E-state index in [9.17, 15) is 4.79 Å². The first-order valence-corrected chi connectivity index (χ1v) is 6.39. The third-order valence-corrected chi connectivity index (χ3v) is 3.26. The van der Waals surface area contributed by atoms with E-state index >= 15 is 0 Å². The molecule has 1 heterocycles. The zero-order valence-corrected chi connectivity index (χ0v) is 11.6. The van der Waals surface area contributed by atoms with E-state index in [0.717, 1.165) is 25.2 Å². The van der Waals surface area contributed by atoms with Gasteiger partial charge >= 0.3 is 5.97 Å². The van der Waals surface area contributed by atoms with Crippen LogP contribution in [-0.4, -0.2) is 33.4 Å². The Bertz CT molecular complexity index is 401. The molecular formula is C13H23N3O2. The van der Waals surface area contributed by atoms with Crippen LogP contribution in [0.2, 0.25) is 0 Å². The van der Waals surface area contributed by atoms with Crippen LogP contribution in [0.5, 0.6) is 0 Å². The lowest BCUT2D eigenvalue weighted by molar-refractivity contribution is -0.141.